The van der Waals surface area contributed by atoms with Crippen LogP contribution in [0.5, 0.6) is 5.75 Å². The Morgan fingerprint density at radius 2 is 1.83 bits per heavy atom. The number of amides is 1. The van der Waals surface area contributed by atoms with E-state index in [1.54, 1.807) is 0 Å². The first-order valence-corrected chi connectivity index (χ1v) is 9.48. The number of benzene rings is 1. The van der Waals surface area contributed by atoms with Gasteiger partial charge >= 0.3 is 0 Å². The third-order valence-corrected chi connectivity index (χ3v) is 6.16. The van der Waals surface area contributed by atoms with Gasteiger partial charge in [0.25, 0.3) is 0 Å². The molecule has 4 nitrogen and oxygen atoms in total. The average Bonchev–Trinajstić information content (AvgIpc) is 3.26. The second-order valence-corrected chi connectivity index (χ2v) is 7.61. The maximum absolute atomic E-state index is 12.8. The monoisotopic (exact) mass is 328 g/mol. The Labute approximate surface area is 144 Å². The topological polar surface area (TPSA) is 32.8 Å². The molecule has 4 heteroatoms. The number of ether oxygens (including phenoxy) is 1. The summed E-state index contributed by atoms with van der Waals surface area (Å²) < 4.78 is 5.78. The van der Waals surface area contributed by atoms with E-state index in [-0.39, 0.29) is 0 Å². The fourth-order valence-corrected chi connectivity index (χ4v) is 4.78. The standard InChI is InChI=1S/C20H28N2O2/c23-20(19-15-16-6-7-17(19)14-16)22-10-8-21(9-11-22)12-13-24-18-4-2-1-3-5-18/h1-5,16-17,19H,6-15H2. The second-order valence-electron chi connectivity index (χ2n) is 7.61. The predicted molar refractivity (Wildman–Crippen MR) is 93.9 cm³/mol. The highest BCUT2D eigenvalue weighted by Gasteiger charge is 2.44. The molecular weight excluding hydrogens is 300 g/mol. The normalized spacial score (nSPS) is 29.8. The van der Waals surface area contributed by atoms with E-state index in [1.807, 2.05) is 30.3 Å². The molecule has 0 spiro atoms. The molecule has 130 valence electrons. The minimum absolute atomic E-state index is 0.344. The molecule has 3 aliphatic rings. The van der Waals surface area contributed by atoms with E-state index >= 15 is 0 Å². The molecule has 0 aromatic heterocycles. The SMILES string of the molecule is O=C(C1CC2CCC1C2)N1CCN(CCOc2ccccc2)CC1. The number of piperazine rings is 1. The van der Waals surface area contributed by atoms with Crippen LogP contribution in [-0.4, -0.2) is 55.0 Å². The molecule has 3 unspecified atom stereocenters. The van der Waals surface area contributed by atoms with E-state index in [0.29, 0.717) is 24.3 Å². The van der Waals surface area contributed by atoms with Crippen molar-refractivity contribution >= 4 is 5.91 Å². The van der Waals surface area contributed by atoms with Crippen molar-refractivity contribution in [1.82, 2.24) is 9.80 Å². The van der Waals surface area contributed by atoms with Crippen LogP contribution in [0, 0.1) is 17.8 Å². The van der Waals surface area contributed by atoms with Crippen LogP contribution in [0.25, 0.3) is 0 Å². The number of carbonyl (C=O) groups excluding carboxylic acids is 1. The summed E-state index contributed by atoms with van der Waals surface area (Å²) in [7, 11) is 0. The third kappa shape index (κ3) is 3.44. The summed E-state index contributed by atoms with van der Waals surface area (Å²) in [5.41, 5.74) is 0. The molecule has 1 aliphatic heterocycles. The molecule has 2 aliphatic carbocycles. The molecule has 24 heavy (non-hydrogen) atoms. The summed E-state index contributed by atoms with van der Waals surface area (Å²) in [4.78, 5) is 17.3. The molecule has 1 heterocycles. The summed E-state index contributed by atoms with van der Waals surface area (Å²) in [5.74, 6) is 3.27. The number of hydrogen-bond donors (Lipinski definition) is 0. The van der Waals surface area contributed by atoms with Gasteiger partial charge in [0.2, 0.25) is 5.91 Å². The van der Waals surface area contributed by atoms with Crippen LogP contribution in [0.4, 0.5) is 0 Å². The maximum Gasteiger partial charge on any atom is 0.226 e. The number of para-hydroxylation sites is 1. The Hall–Kier alpha value is -1.55. The number of carbonyl (C=O) groups is 1. The Morgan fingerprint density at radius 3 is 2.50 bits per heavy atom. The van der Waals surface area contributed by atoms with Crippen LogP contribution >= 0.6 is 0 Å². The van der Waals surface area contributed by atoms with Gasteiger partial charge in [-0.3, -0.25) is 9.69 Å². The Kier molecular flexibility index (Phi) is 4.74. The fraction of sp³-hybridized carbons (Fsp3) is 0.650. The van der Waals surface area contributed by atoms with Gasteiger partial charge in [0.05, 0.1) is 0 Å². The van der Waals surface area contributed by atoms with Crippen LogP contribution in [-0.2, 0) is 4.79 Å². The number of rotatable bonds is 5. The molecule has 1 amide bonds. The van der Waals surface area contributed by atoms with E-state index in [4.69, 9.17) is 4.74 Å². The zero-order valence-electron chi connectivity index (χ0n) is 14.4. The van der Waals surface area contributed by atoms with Gasteiger partial charge in [-0.15, -0.1) is 0 Å². The second kappa shape index (κ2) is 7.14. The Balaban J connectivity index is 1.19. The van der Waals surface area contributed by atoms with Crippen LogP contribution in [0.15, 0.2) is 30.3 Å². The number of nitrogens with zero attached hydrogens (tertiary/aromatic N) is 2. The Morgan fingerprint density at radius 1 is 1.04 bits per heavy atom. The lowest BCUT2D eigenvalue weighted by molar-refractivity contribution is -0.139. The van der Waals surface area contributed by atoms with Crippen molar-refractivity contribution in [2.45, 2.75) is 25.7 Å². The summed E-state index contributed by atoms with van der Waals surface area (Å²) in [6.07, 6.45) is 5.13. The first-order chi connectivity index (χ1) is 11.8. The third-order valence-electron chi connectivity index (χ3n) is 6.16. The van der Waals surface area contributed by atoms with E-state index < -0.39 is 0 Å². The molecule has 0 N–H and O–H groups in total. The Bertz CT molecular complexity index is 554. The van der Waals surface area contributed by atoms with Gasteiger partial charge in [-0.05, 0) is 43.2 Å². The molecule has 4 rings (SSSR count). The van der Waals surface area contributed by atoms with Crippen LogP contribution < -0.4 is 4.74 Å². The molecule has 1 aromatic carbocycles. The summed E-state index contributed by atoms with van der Waals surface area (Å²) in [5, 5.41) is 0. The fourth-order valence-electron chi connectivity index (χ4n) is 4.78. The first-order valence-electron chi connectivity index (χ1n) is 9.48. The van der Waals surface area contributed by atoms with Gasteiger partial charge in [0, 0.05) is 38.6 Å². The van der Waals surface area contributed by atoms with Crippen LogP contribution in [0.3, 0.4) is 0 Å². The molecule has 1 saturated heterocycles. The highest BCUT2D eigenvalue weighted by molar-refractivity contribution is 5.79. The minimum atomic E-state index is 0.344. The highest BCUT2D eigenvalue weighted by atomic mass is 16.5. The van der Waals surface area contributed by atoms with Gasteiger partial charge in [-0.2, -0.15) is 0 Å². The zero-order valence-corrected chi connectivity index (χ0v) is 14.4. The molecule has 2 bridgehead atoms. The molecular formula is C20H28N2O2. The van der Waals surface area contributed by atoms with Crippen molar-refractivity contribution in [3.05, 3.63) is 30.3 Å². The van der Waals surface area contributed by atoms with Gasteiger partial charge in [0.15, 0.2) is 0 Å². The smallest absolute Gasteiger partial charge is 0.226 e. The van der Waals surface area contributed by atoms with E-state index in [0.717, 1.165) is 50.8 Å². The minimum Gasteiger partial charge on any atom is -0.492 e. The van der Waals surface area contributed by atoms with Gasteiger partial charge in [-0.25, -0.2) is 0 Å². The summed E-state index contributed by atoms with van der Waals surface area (Å²) >= 11 is 0. The molecule has 0 radical (unpaired) electrons. The summed E-state index contributed by atoms with van der Waals surface area (Å²) in [6.45, 7) is 5.38. The van der Waals surface area contributed by atoms with Crippen molar-refractivity contribution in [2.75, 3.05) is 39.3 Å². The molecule has 3 atom stereocenters. The van der Waals surface area contributed by atoms with Crippen molar-refractivity contribution in [3.8, 4) is 5.75 Å². The first kappa shape index (κ1) is 15.9. The predicted octanol–water partition coefficient (Wildman–Crippen LogP) is 2.65. The lowest BCUT2D eigenvalue weighted by atomic mass is 9.87. The lowest BCUT2D eigenvalue weighted by Gasteiger charge is -2.37. The lowest BCUT2D eigenvalue weighted by Crippen LogP contribution is -2.51. The maximum atomic E-state index is 12.8. The van der Waals surface area contributed by atoms with Crippen molar-refractivity contribution in [2.24, 2.45) is 17.8 Å². The van der Waals surface area contributed by atoms with Crippen LogP contribution in [0.1, 0.15) is 25.7 Å². The average molecular weight is 328 g/mol. The van der Waals surface area contributed by atoms with Gasteiger partial charge in [-0.1, -0.05) is 24.6 Å². The van der Waals surface area contributed by atoms with Gasteiger partial charge < -0.3 is 9.64 Å². The number of hydrogen-bond acceptors (Lipinski definition) is 3. The van der Waals surface area contributed by atoms with E-state index in [2.05, 4.69) is 9.80 Å². The number of fused-ring (bicyclic) bond motifs is 2. The van der Waals surface area contributed by atoms with Crippen molar-refractivity contribution in [3.63, 3.8) is 0 Å². The molecule has 2 saturated carbocycles. The van der Waals surface area contributed by atoms with Gasteiger partial charge in [0.1, 0.15) is 12.4 Å². The van der Waals surface area contributed by atoms with Crippen LogP contribution in [0.2, 0.25) is 0 Å². The van der Waals surface area contributed by atoms with Crippen molar-refractivity contribution in [1.29, 1.82) is 0 Å². The molecule has 1 aromatic rings. The quantitative estimate of drug-likeness (QED) is 0.833. The highest BCUT2D eigenvalue weighted by Crippen LogP contribution is 2.48. The largest absolute Gasteiger partial charge is 0.492 e. The van der Waals surface area contributed by atoms with Crippen molar-refractivity contribution < 1.29 is 9.53 Å². The molecule has 3 fully saturated rings. The van der Waals surface area contributed by atoms with E-state index in [1.165, 1.54) is 19.3 Å². The van der Waals surface area contributed by atoms with E-state index in [9.17, 15) is 4.79 Å². The summed E-state index contributed by atoms with van der Waals surface area (Å²) in [6, 6.07) is 9.97. The zero-order chi connectivity index (χ0) is 16.4.